The number of carboxylic acid groups (broad SMARTS) is 1. The third-order valence-electron chi connectivity index (χ3n) is 1.86. The number of Topliss-reactive ketones (excluding diaryl/α,β-unsaturated/α-hetero) is 1. The van der Waals surface area contributed by atoms with Crippen LogP contribution in [-0.4, -0.2) is 16.9 Å². The van der Waals surface area contributed by atoms with E-state index >= 15 is 0 Å². The normalized spacial score (nSPS) is 9.79. The van der Waals surface area contributed by atoms with Gasteiger partial charge >= 0.3 is 5.97 Å². The molecule has 0 bridgehead atoms. The maximum Gasteiger partial charge on any atom is 0.310 e. The van der Waals surface area contributed by atoms with Gasteiger partial charge < -0.3 is 5.11 Å². The van der Waals surface area contributed by atoms with E-state index in [9.17, 15) is 9.59 Å². The van der Waals surface area contributed by atoms with E-state index in [1.54, 1.807) is 6.92 Å². The van der Waals surface area contributed by atoms with Crippen molar-refractivity contribution in [3.63, 3.8) is 0 Å². The fraction of sp³-hybridized carbons (Fsp3) is 0.273. The Morgan fingerprint density at radius 2 is 1.86 bits per heavy atom. The Balaban J connectivity index is 0.000000143. The van der Waals surface area contributed by atoms with Crippen molar-refractivity contribution in [2.75, 3.05) is 0 Å². The molecule has 0 unspecified atom stereocenters. The molecule has 1 N–H and O–H groups in total. The zero-order chi connectivity index (χ0) is 10.6. The first-order valence-corrected chi connectivity index (χ1v) is 4.47. The number of carbonyl (C=O) groups excluding carboxylic acids is 1. The van der Waals surface area contributed by atoms with Crippen LogP contribution in [0.15, 0.2) is 24.3 Å². The van der Waals surface area contributed by atoms with E-state index in [4.69, 9.17) is 5.11 Å². The second kappa shape index (κ2) is 4.56. The van der Waals surface area contributed by atoms with Crippen molar-refractivity contribution in [1.29, 1.82) is 0 Å². The summed E-state index contributed by atoms with van der Waals surface area (Å²) in [5.74, 6) is -1.27. The Kier molecular flexibility index (Phi) is 3.40. The highest BCUT2D eigenvalue weighted by Crippen LogP contribution is 2.32. The summed E-state index contributed by atoms with van der Waals surface area (Å²) >= 11 is 0. The van der Waals surface area contributed by atoms with Gasteiger partial charge in [-0.05, 0) is 17.2 Å². The predicted molar refractivity (Wildman–Crippen MR) is 53.0 cm³/mol. The first-order valence-electron chi connectivity index (χ1n) is 4.47. The van der Waals surface area contributed by atoms with Crippen LogP contribution in [0.3, 0.4) is 0 Å². The maximum atomic E-state index is 10.2. The number of benzene rings is 1. The molecule has 0 saturated heterocycles. The Hall–Kier alpha value is -1.64. The van der Waals surface area contributed by atoms with Crippen LogP contribution in [0.1, 0.15) is 19.8 Å². The fourth-order valence-corrected chi connectivity index (χ4v) is 0.969. The highest BCUT2D eigenvalue weighted by Gasteiger charge is 2.07. The molecule has 0 atom stereocenters. The van der Waals surface area contributed by atoms with Gasteiger partial charge in [0.15, 0.2) is 0 Å². The van der Waals surface area contributed by atoms with Gasteiger partial charge in [0.1, 0.15) is 12.2 Å². The van der Waals surface area contributed by atoms with Crippen LogP contribution in [0.4, 0.5) is 0 Å². The molecule has 0 heterocycles. The maximum absolute atomic E-state index is 10.2. The SMILES string of the molecule is CCC(=O)CC(=O)O.c1cc2cc-2c1. The monoisotopic (exact) mass is 192 g/mol. The standard InChI is InChI=1S/C6H4.C5H8O3/c1-2-5-4-6(5)3-1;1-2-4(6)3-5(7)8/h1-4H;2-3H2,1H3,(H,7,8). The molecular formula is C11H12O3. The fourth-order valence-electron chi connectivity index (χ4n) is 0.969. The van der Waals surface area contributed by atoms with Crippen molar-refractivity contribution < 1.29 is 14.7 Å². The molecule has 0 fully saturated rings. The zero-order valence-electron chi connectivity index (χ0n) is 7.99. The van der Waals surface area contributed by atoms with Gasteiger partial charge in [0, 0.05) is 6.42 Å². The van der Waals surface area contributed by atoms with Crippen molar-refractivity contribution in [2.24, 2.45) is 0 Å². The molecule has 0 saturated carbocycles. The molecule has 2 aliphatic carbocycles. The minimum Gasteiger partial charge on any atom is -0.481 e. The predicted octanol–water partition coefficient (Wildman–Crippen LogP) is 2.11. The van der Waals surface area contributed by atoms with Gasteiger partial charge in [-0.3, -0.25) is 9.59 Å². The topological polar surface area (TPSA) is 54.4 Å². The summed E-state index contributed by atoms with van der Waals surface area (Å²) in [6, 6.07) is 8.48. The average Bonchev–Trinajstić information content (AvgIpc) is 2.74. The number of rotatable bonds is 3. The van der Waals surface area contributed by atoms with Gasteiger partial charge in [-0.25, -0.2) is 0 Å². The second-order valence-corrected chi connectivity index (χ2v) is 3.04. The van der Waals surface area contributed by atoms with E-state index in [1.165, 1.54) is 11.1 Å². The van der Waals surface area contributed by atoms with Crippen LogP contribution in [0.5, 0.6) is 0 Å². The molecule has 2 aliphatic rings. The number of fused-ring (bicyclic) bond motifs is 1. The highest BCUT2D eigenvalue weighted by molar-refractivity contribution is 5.94. The van der Waals surface area contributed by atoms with E-state index in [0.717, 1.165) is 0 Å². The van der Waals surface area contributed by atoms with Crippen LogP contribution < -0.4 is 0 Å². The van der Waals surface area contributed by atoms with Gasteiger partial charge in [-0.15, -0.1) is 0 Å². The Morgan fingerprint density at radius 3 is 2.00 bits per heavy atom. The summed E-state index contributed by atoms with van der Waals surface area (Å²) < 4.78 is 0. The van der Waals surface area contributed by atoms with Crippen LogP contribution in [0.2, 0.25) is 0 Å². The van der Waals surface area contributed by atoms with Crippen LogP contribution in [-0.2, 0) is 9.59 Å². The lowest BCUT2D eigenvalue weighted by molar-refractivity contribution is -0.140. The minimum atomic E-state index is -1.04. The van der Waals surface area contributed by atoms with Gasteiger partial charge in [0.25, 0.3) is 0 Å². The zero-order valence-corrected chi connectivity index (χ0v) is 7.99. The molecule has 0 spiro atoms. The van der Waals surface area contributed by atoms with Crippen LogP contribution in [0, 0.1) is 0 Å². The number of carboxylic acids is 1. The quantitative estimate of drug-likeness (QED) is 0.758. The summed E-state index contributed by atoms with van der Waals surface area (Å²) in [5.41, 5.74) is 2.85. The summed E-state index contributed by atoms with van der Waals surface area (Å²) in [4.78, 5) is 20.0. The highest BCUT2D eigenvalue weighted by atomic mass is 16.4. The molecule has 3 nitrogen and oxygen atoms in total. The van der Waals surface area contributed by atoms with Crippen molar-refractivity contribution in [3.05, 3.63) is 24.3 Å². The summed E-state index contributed by atoms with van der Waals surface area (Å²) in [6.45, 7) is 1.64. The second-order valence-electron chi connectivity index (χ2n) is 3.04. The lowest BCUT2D eigenvalue weighted by Crippen LogP contribution is -2.04. The van der Waals surface area contributed by atoms with Crippen LogP contribution in [0.25, 0.3) is 11.1 Å². The minimum absolute atomic E-state index is 0.225. The number of aliphatic carboxylic acids is 1. The smallest absolute Gasteiger partial charge is 0.310 e. The van der Waals surface area contributed by atoms with E-state index in [2.05, 4.69) is 24.3 Å². The molecule has 2 rings (SSSR count). The third-order valence-corrected chi connectivity index (χ3v) is 1.86. The molecule has 0 amide bonds. The molecule has 0 aliphatic heterocycles. The molecule has 3 heteroatoms. The number of carbonyl (C=O) groups is 2. The van der Waals surface area contributed by atoms with Gasteiger partial charge in [0.2, 0.25) is 0 Å². The van der Waals surface area contributed by atoms with Gasteiger partial charge in [-0.1, -0.05) is 25.1 Å². The number of ketones is 1. The lowest BCUT2D eigenvalue weighted by atomic mass is 10.2. The molecule has 0 aromatic rings. The summed E-state index contributed by atoms with van der Waals surface area (Å²) in [5, 5.41) is 7.99. The van der Waals surface area contributed by atoms with E-state index < -0.39 is 5.97 Å². The Morgan fingerprint density at radius 1 is 1.29 bits per heavy atom. The van der Waals surface area contributed by atoms with E-state index in [-0.39, 0.29) is 12.2 Å². The third kappa shape index (κ3) is 3.39. The first kappa shape index (κ1) is 10.4. The van der Waals surface area contributed by atoms with E-state index in [0.29, 0.717) is 6.42 Å². The van der Waals surface area contributed by atoms with Crippen molar-refractivity contribution in [2.45, 2.75) is 19.8 Å². The molecule has 14 heavy (non-hydrogen) atoms. The average molecular weight is 192 g/mol. The molecular weight excluding hydrogens is 180 g/mol. The Bertz CT molecular complexity index is 338. The molecule has 0 aromatic carbocycles. The number of hydrogen-bond acceptors (Lipinski definition) is 2. The van der Waals surface area contributed by atoms with Crippen LogP contribution >= 0.6 is 0 Å². The number of hydrogen-bond donors (Lipinski definition) is 1. The molecule has 0 radical (unpaired) electrons. The van der Waals surface area contributed by atoms with Gasteiger partial charge in [0.05, 0.1) is 0 Å². The largest absolute Gasteiger partial charge is 0.481 e. The van der Waals surface area contributed by atoms with Gasteiger partial charge in [-0.2, -0.15) is 0 Å². The summed E-state index contributed by atoms with van der Waals surface area (Å²) in [6.07, 6.45) is -0.0250. The van der Waals surface area contributed by atoms with Crippen molar-refractivity contribution in [1.82, 2.24) is 0 Å². The van der Waals surface area contributed by atoms with Crippen molar-refractivity contribution >= 4 is 11.8 Å². The summed E-state index contributed by atoms with van der Waals surface area (Å²) in [7, 11) is 0. The van der Waals surface area contributed by atoms with Crippen molar-refractivity contribution in [3.8, 4) is 11.1 Å². The first-order chi connectivity index (χ1) is 6.63. The van der Waals surface area contributed by atoms with E-state index in [1.807, 2.05) is 0 Å². The lowest BCUT2D eigenvalue weighted by Gasteiger charge is -1.86. The molecule has 0 aromatic heterocycles. The molecule has 74 valence electrons. The Labute approximate surface area is 82.4 Å².